The lowest BCUT2D eigenvalue weighted by Gasteiger charge is -2.13. The average molecular weight is 308 g/mol. The van der Waals surface area contributed by atoms with Crippen LogP contribution < -0.4 is 5.32 Å². The van der Waals surface area contributed by atoms with Gasteiger partial charge in [0.25, 0.3) is 5.91 Å². The van der Waals surface area contributed by atoms with E-state index >= 15 is 0 Å². The van der Waals surface area contributed by atoms with E-state index in [-0.39, 0.29) is 5.91 Å². The number of nitrogens with one attached hydrogen (secondary N) is 1. The number of pyridine rings is 1. The first-order valence-corrected chi connectivity index (χ1v) is 7.68. The number of aromatic nitrogens is 1. The second kappa shape index (κ2) is 8.63. The molecule has 0 saturated heterocycles. The Balaban J connectivity index is 2.18. The first-order chi connectivity index (χ1) is 11.2. The highest BCUT2D eigenvalue weighted by Gasteiger charge is 2.14. The van der Waals surface area contributed by atoms with E-state index in [4.69, 9.17) is 0 Å². The number of carbonyl (C=O) groups is 2. The monoisotopic (exact) mass is 308 g/mol. The molecule has 0 saturated carbocycles. The summed E-state index contributed by atoms with van der Waals surface area (Å²) in [6, 6.07) is 10.7. The standard InChI is InChI=1S/C19H20N2O2/c1-2-5-17(14-22)21-19(23)18-7-4-3-6-16(18)9-8-15-10-12-20-13-11-15/h3-4,6-14,17H,2,5H2,1H3,(H,21,23). The summed E-state index contributed by atoms with van der Waals surface area (Å²) in [6.07, 6.45) is 9.53. The van der Waals surface area contributed by atoms with Gasteiger partial charge in [0.05, 0.1) is 6.04 Å². The van der Waals surface area contributed by atoms with Gasteiger partial charge in [0.2, 0.25) is 0 Å². The van der Waals surface area contributed by atoms with Gasteiger partial charge in [0.1, 0.15) is 6.29 Å². The maximum Gasteiger partial charge on any atom is 0.252 e. The molecule has 1 aromatic heterocycles. The minimum absolute atomic E-state index is 0.231. The largest absolute Gasteiger partial charge is 0.343 e. The van der Waals surface area contributed by atoms with Crippen molar-refractivity contribution >= 4 is 24.3 Å². The fourth-order valence-electron chi connectivity index (χ4n) is 2.24. The second-order valence-electron chi connectivity index (χ2n) is 5.21. The molecule has 0 spiro atoms. The number of amides is 1. The zero-order valence-electron chi connectivity index (χ0n) is 13.1. The lowest BCUT2D eigenvalue weighted by molar-refractivity contribution is -0.109. The van der Waals surface area contributed by atoms with Crippen LogP contribution in [0.15, 0.2) is 48.8 Å². The van der Waals surface area contributed by atoms with Gasteiger partial charge in [-0.05, 0) is 35.7 Å². The molecule has 1 atom stereocenters. The number of rotatable bonds is 7. The molecule has 118 valence electrons. The molecular weight excluding hydrogens is 288 g/mol. The van der Waals surface area contributed by atoms with Crippen molar-refractivity contribution in [1.82, 2.24) is 10.3 Å². The van der Waals surface area contributed by atoms with E-state index in [2.05, 4.69) is 10.3 Å². The minimum atomic E-state index is -0.440. The van der Waals surface area contributed by atoms with E-state index in [1.807, 2.05) is 49.4 Å². The highest BCUT2D eigenvalue weighted by Crippen LogP contribution is 2.13. The normalized spacial score (nSPS) is 12.0. The van der Waals surface area contributed by atoms with Crippen LogP contribution in [0.5, 0.6) is 0 Å². The smallest absolute Gasteiger partial charge is 0.252 e. The number of nitrogens with zero attached hydrogens (tertiary/aromatic N) is 1. The topological polar surface area (TPSA) is 59.1 Å². The molecule has 1 aromatic carbocycles. The Morgan fingerprint density at radius 2 is 1.91 bits per heavy atom. The number of hydrogen-bond acceptors (Lipinski definition) is 3. The quantitative estimate of drug-likeness (QED) is 0.798. The highest BCUT2D eigenvalue weighted by atomic mass is 16.2. The van der Waals surface area contributed by atoms with Gasteiger partial charge in [-0.2, -0.15) is 0 Å². The van der Waals surface area contributed by atoms with Gasteiger partial charge in [-0.25, -0.2) is 0 Å². The van der Waals surface area contributed by atoms with Gasteiger partial charge in [-0.3, -0.25) is 9.78 Å². The third-order valence-corrected chi connectivity index (χ3v) is 3.45. The fraction of sp³-hybridized carbons (Fsp3) is 0.211. The van der Waals surface area contributed by atoms with E-state index < -0.39 is 6.04 Å². The molecule has 0 aliphatic carbocycles. The molecule has 0 radical (unpaired) electrons. The van der Waals surface area contributed by atoms with Crippen LogP contribution >= 0.6 is 0 Å². The van der Waals surface area contributed by atoms with Gasteiger partial charge in [-0.1, -0.05) is 43.7 Å². The van der Waals surface area contributed by atoms with Crippen LogP contribution in [0.4, 0.5) is 0 Å². The second-order valence-corrected chi connectivity index (χ2v) is 5.21. The summed E-state index contributed by atoms with van der Waals surface area (Å²) in [4.78, 5) is 27.4. The van der Waals surface area contributed by atoms with Crippen molar-refractivity contribution in [2.45, 2.75) is 25.8 Å². The van der Waals surface area contributed by atoms with E-state index in [1.165, 1.54) is 0 Å². The summed E-state index contributed by atoms with van der Waals surface area (Å²) in [6.45, 7) is 1.98. The molecule has 0 fully saturated rings. The summed E-state index contributed by atoms with van der Waals surface area (Å²) in [7, 11) is 0. The Hall–Kier alpha value is -2.75. The predicted octanol–water partition coefficient (Wildman–Crippen LogP) is 3.35. The van der Waals surface area contributed by atoms with E-state index in [1.54, 1.807) is 18.5 Å². The molecule has 0 aliphatic heterocycles. The molecule has 4 nitrogen and oxygen atoms in total. The number of benzene rings is 1. The molecule has 23 heavy (non-hydrogen) atoms. The Labute approximate surface area is 136 Å². The maximum atomic E-state index is 12.4. The first kappa shape index (κ1) is 16.6. The van der Waals surface area contributed by atoms with Crippen LogP contribution in [-0.4, -0.2) is 23.2 Å². The zero-order valence-corrected chi connectivity index (χ0v) is 13.1. The Bertz CT molecular complexity index is 681. The van der Waals surface area contributed by atoms with Crippen LogP contribution in [0.25, 0.3) is 12.2 Å². The van der Waals surface area contributed by atoms with Gasteiger partial charge < -0.3 is 10.1 Å². The molecule has 2 aromatic rings. The Morgan fingerprint density at radius 1 is 1.17 bits per heavy atom. The number of aldehydes is 1. The van der Waals surface area contributed by atoms with Gasteiger partial charge in [-0.15, -0.1) is 0 Å². The van der Waals surface area contributed by atoms with Crippen LogP contribution in [0.3, 0.4) is 0 Å². The molecule has 2 rings (SSSR count). The van der Waals surface area contributed by atoms with E-state index in [0.717, 1.165) is 23.8 Å². The van der Waals surface area contributed by atoms with Gasteiger partial charge in [0.15, 0.2) is 0 Å². The molecule has 1 heterocycles. The molecule has 1 unspecified atom stereocenters. The summed E-state index contributed by atoms with van der Waals surface area (Å²) in [5.74, 6) is -0.231. The van der Waals surface area contributed by atoms with Crippen molar-refractivity contribution in [2.75, 3.05) is 0 Å². The lowest BCUT2D eigenvalue weighted by Crippen LogP contribution is -2.36. The summed E-state index contributed by atoms with van der Waals surface area (Å²) < 4.78 is 0. The number of carbonyl (C=O) groups excluding carboxylic acids is 2. The van der Waals surface area contributed by atoms with Crippen molar-refractivity contribution < 1.29 is 9.59 Å². The third kappa shape index (κ3) is 4.88. The summed E-state index contributed by atoms with van der Waals surface area (Å²) >= 11 is 0. The Kier molecular flexibility index (Phi) is 6.24. The van der Waals surface area contributed by atoms with Crippen LogP contribution in [-0.2, 0) is 4.79 Å². The zero-order chi connectivity index (χ0) is 16.5. The maximum absolute atomic E-state index is 12.4. The third-order valence-electron chi connectivity index (χ3n) is 3.45. The van der Waals surface area contributed by atoms with Crippen LogP contribution in [0.1, 0.15) is 41.3 Å². The van der Waals surface area contributed by atoms with Crippen molar-refractivity contribution in [1.29, 1.82) is 0 Å². The van der Waals surface area contributed by atoms with Gasteiger partial charge >= 0.3 is 0 Å². The molecule has 0 aliphatic rings. The summed E-state index contributed by atoms with van der Waals surface area (Å²) in [5.41, 5.74) is 2.37. The SMILES string of the molecule is CCCC(C=O)NC(=O)c1ccccc1C=Cc1ccncc1. The van der Waals surface area contributed by atoms with Crippen molar-refractivity contribution in [3.8, 4) is 0 Å². The minimum Gasteiger partial charge on any atom is -0.343 e. The average Bonchev–Trinajstić information content (AvgIpc) is 2.60. The highest BCUT2D eigenvalue weighted by molar-refractivity contribution is 5.99. The molecule has 0 bridgehead atoms. The van der Waals surface area contributed by atoms with Gasteiger partial charge in [0, 0.05) is 18.0 Å². The molecule has 1 N–H and O–H groups in total. The van der Waals surface area contributed by atoms with Crippen LogP contribution in [0, 0.1) is 0 Å². The molecule has 4 heteroatoms. The lowest BCUT2D eigenvalue weighted by atomic mass is 10.0. The molecular formula is C19H20N2O2. The first-order valence-electron chi connectivity index (χ1n) is 7.68. The predicted molar refractivity (Wildman–Crippen MR) is 91.8 cm³/mol. The van der Waals surface area contributed by atoms with Crippen molar-refractivity contribution in [3.63, 3.8) is 0 Å². The fourth-order valence-corrected chi connectivity index (χ4v) is 2.24. The van der Waals surface area contributed by atoms with Crippen LogP contribution in [0.2, 0.25) is 0 Å². The molecule has 1 amide bonds. The van der Waals surface area contributed by atoms with Crippen molar-refractivity contribution in [3.05, 3.63) is 65.5 Å². The summed E-state index contributed by atoms with van der Waals surface area (Å²) in [5, 5.41) is 2.77. The van der Waals surface area contributed by atoms with E-state index in [9.17, 15) is 9.59 Å². The van der Waals surface area contributed by atoms with E-state index in [0.29, 0.717) is 12.0 Å². The Morgan fingerprint density at radius 3 is 2.61 bits per heavy atom. The van der Waals surface area contributed by atoms with Crippen molar-refractivity contribution in [2.24, 2.45) is 0 Å². The number of hydrogen-bond donors (Lipinski definition) is 1.